The zero-order valence-corrected chi connectivity index (χ0v) is 5.72. The molecule has 0 saturated heterocycles. The Morgan fingerprint density at radius 2 is 1.71 bits per heavy atom. The lowest BCUT2D eigenvalue weighted by molar-refractivity contribution is 0.190. The van der Waals surface area contributed by atoms with E-state index >= 15 is 0 Å². The van der Waals surface area contributed by atoms with Gasteiger partial charge in [0.25, 0.3) is 0 Å². The first-order valence-corrected chi connectivity index (χ1v) is 2.84. The van der Waals surface area contributed by atoms with Crippen LogP contribution in [-0.4, -0.2) is 10.4 Å². The first kappa shape index (κ1) is 7.83. The lowest BCUT2D eigenvalue weighted by Gasteiger charge is -2.04. The van der Waals surface area contributed by atoms with E-state index in [1.807, 2.05) is 0 Å². The van der Waals surface area contributed by atoms with Crippen molar-refractivity contribution in [2.45, 2.75) is 10.2 Å². The van der Waals surface area contributed by atoms with Crippen LogP contribution in [0.4, 0.5) is 0 Å². The molecular formula is C3H4Cl3O. The minimum absolute atomic E-state index is 0.0810. The molecule has 0 bridgehead atoms. The van der Waals surface area contributed by atoms with Crippen LogP contribution in [0.15, 0.2) is 0 Å². The molecule has 0 aliphatic rings. The highest BCUT2D eigenvalue weighted by Crippen LogP contribution is 2.29. The van der Waals surface area contributed by atoms with Crippen molar-refractivity contribution in [1.82, 2.24) is 0 Å². The summed E-state index contributed by atoms with van der Waals surface area (Å²) >= 11 is 15.5. The quantitative estimate of drug-likeness (QED) is 0.527. The summed E-state index contributed by atoms with van der Waals surface area (Å²) in [5, 5.41) is 9.69. The highest BCUT2D eigenvalue weighted by Gasteiger charge is 2.17. The Morgan fingerprint density at radius 1 is 1.29 bits per heavy atom. The van der Waals surface area contributed by atoms with Gasteiger partial charge in [0, 0.05) is 6.42 Å². The molecule has 4 heteroatoms. The summed E-state index contributed by atoms with van der Waals surface area (Å²) in [4.78, 5) is 0. The second kappa shape index (κ2) is 2.98. The SMILES string of the molecule is [O]CCC(Cl)(Cl)Cl. The molecule has 0 saturated carbocycles. The largest absolute Gasteiger partial charge is 0.237 e. The molecule has 1 radical (unpaired) electrons. The Kier molecular flexibility index (Phi) is 3.33. The van der Waals surface area contributed by atoms with Crippen molar-refractivity contribution in [1.29, 1.82) is 0 Å². The molecule has 0 aromatic carbocycles. The van der Waals surface area contributed by atoms with Gasteiger partial charge in [-0.3, -0.25) is 0 Å². The Labute approximate surface area is 57.2 Å². The first-order valence-electron chi connectivity index (χ1n) is 1.71. The van der Waals surface area contributed by atoms with Gasteiger partial charge in [-0.05, 0) is 0 Å². The summed E-state index contributed by atoms with van der Waals surface area (Å²) in [6.45, 7) is -0.337. The fourth-order valence-corrected chi connectivity index (χ4v) is 0.347. The topological polar surface area (TPSA) is 19.9 Å². The molecule has 0 aromatic heterocycles. The predicted octanol–water partition coefficient (Wildman–Crippen LogP) is 2.18. The van der Waals surface area contributed by atoms with E-state index in [0.717, 1.165) is 0 Å². The molecule has 0 amide bonds. The smallest absolute Gasteiger partial charge is 0.192 e. The average molecular weight is 162 g/mol. The third-order valence-corrected chi connectivity index (χ3v) is 0.952. The zero-order valence-electron chi connectivity index (χ0n) is 3.46. The van der Waals surface area contributed by atoms with Gasteiger partial charge in [0.15, 0.2) is 3.79 Å². The summed E-state index contributed by atoms with van der Waals surface area (Å²) in [5.41, 5.74) is 0. The van der Waals surface area contributed by atoms with Crippen LogP contribution in [0.25, 0.3) is 0 Å². The minimum atomic E-state index is -1.35. The molecule has 0 aliphatic heterocycles. The Bertz CT molecular complexity index is 48.6. The van der Waals surface area contributed by atoms with Gasteiger partial charge in [-0.1, -0.05) is 34.8 Å². The number of hydrogen-bond acceptors (Lipinski definition) is 0. The van der Waals surface area contributed by atoms with E-state index in [9.17, 15) is 5.11 Å². The van der Waals surface area contributed by atoms with Crippen molar-refractivity contribution >= 4 is 34.8 Å². The Hall–Kier alpha value is 0.830. The van der Waals surface area contributed by atoms with Crippen LogP contribution >= 0.6 is 34.8 Å². The molecule has 43 valence electrons. The molecule has 0 heterocycles. The molecule has 0 aromatic rings. The summed E-state index contributed by atoms with van der Waals surface area (Å²) in [6, 6.07) is 0. The molecule has 0 fully saturated rings. The van der Waals surface area contributed by atoms with Gasteiger partial charge < -0.3 is 0 Å². The highest BCUT2D eigenvalue weighted by molar-refractivity contribution is 6.67. The Balaban J connectivity index is 3.15. The van der Waals surface area contributed by atoms with Crippen LogP contribution in [0.5, 0.6) is 0 Å². The van der Waals surface area contributed by atoms with Crippen LogP contribution in [0.3, 0.4) is 0 Å². The molecule has 0 spiro atoms. The number of alkyl halides is 3. The van der Waals surface area contributed by atoms with Gasteiger partial charge in [0.05, 0.1) is 6.61 Å². The number of hydrogen-bond donors (Lipinski definition) is 0. The van der Waals surface area contributed by atoms with Crippen LogP contribution in [-0.2, 0) is 5.11 Å². The fourth-order valence-electron chi connectivity index (χ4n) is 0.116. The van der Waals surface area contributed by atoms with Gasteiger partial charge >= 0.3 is 0 Å². The van der Waals surface area contributed by atoms with Gasteiger partial charge in [-0.25, -0.2) is 5.11 Å². The second-order valence-electron chi connectivity index (χ2n) is 1.07. The summed E-state index contributed by atoms with van der Waals surface area (Å²) in [7, 11) is 0. The number of halogens is 3. The fraction of sp³-hybridized carbons (Fsp3) is 1.00. The average Bonchev–Trinajstić information content (AvgIpc) is 1.30. The Morgan fingerprint density at radius 3 is 1.71 bits per heavy atom. The van der Waals surface area contributed by atoms with Gasteiger partial charge in [-0.15, -0.1) is 0 Å². The third kappa shape index (κ3) is 6.83. The highest BCUT2D eigenvalue weighted by atomic mass is 35.6. The van der Waals surface area contributed by atoms with E-state index in [1.54, 1.807) is 0 Å². The summed E-state index contributed by atoms with van der Waals surface area (Å²) < 4.78 is -1.35. The monoisotopic (exact) mass is 161 g/mol. The first-order chi connectivity index (χ1) is 3.06. The molecule has 0 aliphatic carbocycles. The van der Waals surface area contributed by atoms with E-state index in [1.165, 1.54) is 0 Å². The molecule has 1 nitrogen and oxygen atoms in total. The van der Waals surface area contributed by atoms with Gasteiger partial charge in [-0.2, -0.15) is 0 Å². The standard InChI is InChI=1S/C3H4Cl3O/c4-3(5,6)1-2-7/h1-2H2. The van der Waals surface area contributed by atoms with Gasteiger partial charge in [0.1, 0.15) is 0 Å². The maximum Gasteiger partial charge on any atom is 0.192 e. The van der Waals surface area contributed by atoms with Crippen molar-refractivity contribution < 1.29 is 5.11 Å². The van der Waals surface area contributed by atoms with Crippen LogP contribution in [0.1, 0.15) is 6.42 Å². The van der Waals surface area contributed by atoms with Crippen molar-refractivity contribution in [2.24, 2.45) is 0 Å². The third-order valence-electron chi connectivity index (χ3n) is 0.386. The molecule has 7 heavy (non-hydrogen) atoms. The van der Waals surface area contributed by atoms with E-state index in [-0.39, 0.29) is 13.0 Å². The lowest BCUT2D eigenvalue weighted by atomic mass is 10.5. The molecule has 0 N–H and O–H groups in total. The van der Waals surface area contributed by atoms with Crippen molar-refractivity contribution in [2.75, 3.05) is 6.61 Å². The van der Waals surface area contributed by atoms with Crippen LogP contribution < -0.4 is 0 Å². The maximum atomic E-state index is 9.69. The van der Waals surface area contributed by atoms with Crippen molar-refractivity contribution in [3.05, 3.63) is 0 Å². The van der Waals surface area contributed by atoms with E-state index in [0.29, 0.717) is 0 Å². The summed E-state index contributed by atoms with van der Waals surface area (Å²) in [5.74, 6) is 0. The van der Waals surface area contributed by atoms with Gasteiger partial charge in [0.2, 0.25) is 0 Å². The minimum Gasteiger partial charge on any atom is -0.237 e. The number of rotatable bonds is 1. The zero-order chi connectivity index (χ0) is 5.91. The van der Waals surface area contributed by atoms with Crippen molar-refractivity contribution in [3.63, 3.8) is 0 Å². The van der Waals surface area contributed by atoms with Crippen molar-refractivity contribution in [3.8, 4) is 0 Å². The maximum absolute atomic E-state index is 9.69. The molecule has 0 atom stereocenters. The second-order valence-corrected chi connectivity index (χ2v) is 3.59. The molecule has 0 unspecified atom stereocenters. The summed E-state index contributed by atoms with van der Waals surface area (Å²) in [6.07, 6.45) is 0.0810. The van der Waals surface area contributed by atoms with E-state index in [2.05, 4.69) is 0 Å². The van der Waals surface area contributed by atoms with Crippen LogP contribution in [0.2, 0.25) is 0 Å². The molecular weight excluding hydrogens is 158 g/mol. The van der Waals surface area contributed by atoms with E-state index < -0.39 is 3.79 Å². The molecule has 0 rings (SSSR count). The lowest BCUT2D eigenvalue weighted by Crippen LogP contribution is -2.02. The normalized spacial score (nSPS) is 12.0. The predicted molar refractivity (Wildman–Crippen MR) is 30.5 cm³/mol. The van der Waals surface area contributed by atoms with Crippen LogP contribution in [0, 0.1) is 0 Å². The van der Waals surface area contributed by atoms with E-state index in [4.69, 9.17) is 34.8 Å².